The Morgan fingerprint density at radius 1 is 1.19 bits per heavy atom. The number of phenols is 1. The van der Waals surface area contributed by atoms with E-state index in [-0.39, 0.29) is 11.2 Å². The molecule has 0 amide bonds. The van der Waals surface area contributed by atoms with E-state index in [1.807, 2.05) is 37.3 Å². The number of rotatable bonds is 3. The molecular formula is C23H26NO3+. The number of phenolic OH excluding ortho intramolecular Hbond substituents is 1. The van der Waals surface area contributed by atoms with E-state index in [1.165, 1.54) is 17.7 Å². The van der Waals surface area contributed by atoms with Crippen LogP contribution in [0, 0.1) is 12.8 Å². The highest BCUT2D eigenvalue weighted by Gasteiger charge is 2.24. The van der Waals surface area contributed by atoms with Gasteiger partial charge in [0.1, 0.15) is 18.1 Å². The van der Waals surface area contributed by atoms with E-state index >= 15 is 0 Å². The van der Waals surface area contributed by atoms with Crippen molar-refractivity contribution in [1.82, 2.24) is 0 Å². The average Bonchev–Trinajstić information content (AvgIpc) is 2.65. The van der Waals surface area contributed by atoms with E-state index in [2.05, 4.69) is 6.92 Å². The van der Waals surface area contributed by atoms with Crippen LogP contribution in [0.1, 0.15) is 31.1 Å². The van der Waals surface area contributed by atoms with Crippen LogP contribution in [0.3, 0.4) is 0 Å². The molecular weight excluding hydrogens is 338 g/mol. The van der Waals surface area contributed by atoms with Gasteiger partial charge >= 0.3 is 0 Å². The maximum Gasteiger partial charge on any atom is 0.200 e. The minimum Gasteiger partial charge on any atom is -0.507 e. The molecule has 2 heterocycles. The van der Waals surface area contributed by atoms with Crippen molar-refractivity contribution in [1.29, 1.82) is 0 Å². The molecule has 140 valence electrons. The molecule has 1 aliphatic rings. The van der Waals surface area contributed by atoms with Gasteiger partial charge in [0.15, 0.2) is 5.58 Å². The highest BCUT2D eigenvalue weighted by molar-refractivity contribution is 5.86. The van der Waals surface area contributed by atoms with Crippen LogP contribution < -0.4 is 10.3 Å². The number of likely N-dealkylation sites (tertiary alicyclic amines) is 1. The molecule has 1 aliphatic heterocycles. The predicted molar refractivity (Wildman–Crippen MR) is 107 cm³/mol. The third-order valence-corrected chi connectivity index (χ3v) is 5.67. The number of nitrogens with one attached hydrogen (secondary N) is 1. The van der Waals surface area contributed by atoms with Crippen molar-refractivity contribution in [2.45, 2.75) is 33.2 Å². The minimum atomic E-state index is -0.0387. The van der Waals surface area contributed by atoms with Gasteiger partial charge in [-0.3, -0.25) is 4.79 Å². The van der Waals surface area contributed by atoms with Gasteiger partial charge in [0.2, 0.25) is 5.43 Å². The van der Waals surface area contributed by atoms with Crippen molar-refractivity contribution in [2.75, 3.05) is 13.1 Å². The van der Waals surface area contributed by atoms with Gasteiger partial charge in [-0.2, -0.15) is 0 Å². The van der Waals surface area contributed by atoms with Crippen LogP contribution in [0.15, 0.2) is 51.7 Å². The summed E-state index contributed by atoms with van der Waals surface area (Å²) >= 11 is 0. The molecule has 2 aromatic carbocycles. The summed E-state index contributed by atoms with van der Waals surface area (Å²) in [6.45, 7) is 6.96. The number of aromatic hydroxyl groups is 1. The maximum atomic E-state index is 13.2. The third-order valence-electron chi connectivity index (χ3n) is 5.67. The Morgan fingerprint density at radius 2 is 1.96 bits per heavy atom. The van der Waals surface area contributed by atoms with Crippen LogP contribution in [0.5, 0.6) is 5.75 Å². The molecule has 4 rings (SSSR count). The summed E-state index contributed by atoms with van der Waals surface area (Å²) in [5.74, 6) is 1.49. The second-order valence-corrected chi connectivity index (χ2v) is 7.80. The summed E-state index contributed by atoms with van der Waals surface area (Å²) in [6.07, 6.45) is 2.46. The topological polar surface area (TPSA) is 54.9 Å². The lowest BCUT2D eigenvalue weighted by atomic mass is 9.98. The van der Waals surface area contributed by atoms with Crippen molar-refractivity contribution in [2.24, 2.45) is 5.92 Å². The standard InChI is InChI=1S/C23H25NO3/c1-15-7-6-12-24(13-15)14-19-20(25)11-10-18-22(26)21(16(2)27-23(18)19)17-8-4-3-5-9-17/h3-5,8-11,15,25H,6-7,12-14H2,1-2H3/p+1/t15-/m1/s1. The fourth-order valence-corrected chi connectivity index (χ4v) is 4.33. The second-order valence-electron chi connectivity index (χ2n) is 7.80. The molecule has 27 heavy (non-hydrogen) atoms. The molecule has 1 aromatic heterocycles. The molecule has 0 saturated carbocycles. The largest absolute Gasteiger partial charge is 0.507 e. The highest BCUT2D eigenvalue weighted by Crippen LogP contribution is 2.29. The lowest BCUT2D eigenvalue weighted by molar-refractivity contribution is -0.922. The van der Waals surface area contributed by atoms with Gasteiger partial charge < -0.3 is 14.4 Å². The Hall–Kier alpha value is -2.59. The first-order valence-electron chi connectivity index (χ1n) is 9.72. The third kappa shape index (κ3) is 3.37. The van der Waals surface area contributed by atoms with Crippen molar-refractivity contribution < 1.29 is 14.4 Å². The van der Waals surface area contributed by atoms with Gasteiger partial charge in [-0.1, -0.05) is 37.3 Å². The number of hydrogen-bond donors (Lipinski definition) is 2. The predicted octanol–water partition coefficient (Wildman–Crippen LogP) is 3.29. The summed E-state index contributed by atoms with van der Waals surface area (Å²) in [5.41, 5.74) is 2.69. The zero-order chi connectivity index (χ0) is 19.0. The van der Waals surface area contributed by atoms with Crippen molar-refractivity contribution >= 4 is 11.0 Å². The van der Waals surface area contributed by atoms with Crippen molar-refractivity contribution in [3.63, 3.8) is 0 Å². The summed E-state index contributed by atoms with van der Waals surface area (Å²) < 4.78 is 6.14. The van der Waals surface area contributed by atoms with Crippen LogP contribution in [-0.4, -0.2) is 18.2 Å². The Kier molecular flexibility index (Phi) is 4.75. The summed E-state index contributed by atoms with van der Waals surface area (Å²) in [4.78, 5) is 14.6. The van der Waals surface area contributed by atoms with E-state index in [0.29, 0.717) is 34.8 Å². The van der Waals surface area contributed by atoms with Crippen LogP contribution in [0.4, 0.5) is 0 Å². The van der Waals surface area contributed by atoms with Gasteiger partial charge in [0, 0.05) is 5.92 Å². The zero-order valence-electron chi connectivity index (χ0n) is 15.9. The second kappa shape index (κ2) is 7.20. The summed E-state index contributed by atoms with van der Waals surface area (Å²) in [7, 11) is 0. The molecule has 2 N–H and O–H groups in total. The summed E-state index contributed by atoms with van der Waals surface area (Å²) in [5, 5.41) is 11.0. The van der Waals surface area contributed by atoms with E-state index < -0.39 is 0 Å². The lowest BCUT2D eigenvalue weighted by Crippen LogP contribution is -3.12. The van der Waals surface area contributed by atoms with Crippen LogP contribution in [0.2, 0.25) is 0 Å². The van der Waals surface area contributed by atoms with Gasteiger partial charge in [0.25, 0.3) is 0 Å². The molecule has 0 spiro atoms. The smallest absolute Gasteiger partial charge is 0.200 e. The zero-order valence-corrected chi connectivity index (χ0v) is 15.9. The molecule has 2 atom stereocenters. The van der Waals surface area contributed by atoms with Crippen LogP contribution >= 0.6 is 0 Å². The number of quaternary nitrogens is 1. The average molecular weight is 364 g/mol. The molecule has 1 saturated heterocycles. The Bertz CT molecular complexity index is 1020. The molecule has 4 heteroatoms. The van der Waals surface area contributed by atoms with Crippen LogP contribution in [0.25, 0.3) is 22.1 Å². The van der Waals surface area contributed by atoms with E-state index in [4.69, 9.17) is 4.42 Å². The number of aryl methyl sites for hydroxylation is 1. The van der Waals surface area contributed by atoms with Gasteiger partial charge in [0.05, 0.1) is 29.6 Å². The molecule has 1 unspecified atom stereocenters. The number of piperidine rings is 1. The van der Waals surface area contributed by atoms with Crippen molar-refractivity contribution in [3.05, 3.63) is 64.0 Å². The Morgan fingerprint density at radius 3 is 2.70 bits per heavy atom. The van der Waals surface area contributed by atoms with Gasteiger partial charge in [-0.05, 0) is 37.5 Å². The fraction of sp³-hybridized carbons (Fsp3) is 0.348. The van der Waals surface area contributed by atoms with E-state index in [0.717, 1.165) is 24.2 Å². The number of hydrogen-bond acceptors (Lipinski definition) is 3. The molecule has 0 aliphatic carbocycles. The monoisotopic (exact) mass is 364 g/mol. The van der Waals surface area contributed by atoms with E-state index in [1.54, 1.807) is 12.1 Å². The van der Waals surface area contributed by atoms with Gasteiger partial charge in [-0.15, -0.1) is 0 Å². The highest BCUT2D eigenvalue weighted by atomic mass is 16.3. The molecule has 0 bridgehead atoms. The maximum absolute atomic E-state index is 13.2. The quantitative estimate of drug-likeness (QED) is 0.750. The normalized spacial score (nSPS) is 20.1. The first kappa shape index (κ1) is 17.8. The number of benzene rings is 2. The molecule has 3 aromatic rings. The van der Waals surface area contributed by atoms with Crippen molar-refractivity contribution in [3.8, 4) is 16.9 Å². The Balaban J connectivity index is 1.84. The Labute approximate surface area is 159 Å². The molecule has 4 nitrogen and oxygen atoms in total. The van der Waals surface area contributed by atoms with Crippen LogP contribution in [-0.2, 0) is 6.54 Å². The first-order chi connectivity index (χ1) is 13.0. The molecule has 0 radical (unpaired) electrons. The minimum absolute atomic E-state index is 0.0387. The summed E-state index contributed by atoms with van der Waals surface area (Å²) in [6, 6.07) is 12.9. The lowest BCUT2D eigenvalue weighted by Gasteiger charge is -2.28. The molecule has 1 fully saturated rings. The first-order valence-corrected chi connectivity index (χ1v) is 9.72. The number of fused-ring (bicyclic) bond motifs is 1. The van der Waals surface area contributed by atoms with Gasteiger partial charge in [-0.25, -0.2) is 0 Å². The SMILES string of the molecule is Cc1oc2c(C[NH+]3CCC[C@@H](C)C3)c(O)ccc2c(=O)c1-c1ccccc1. The van der Waals surface area contributed by atoms with E-state index in [9.17, 15) is 9.90 Å². The fourth-order valence-electron chi connectivity index (χ4n) is 4.33.